The van der Waals surface area contributed by atoms with Gasteiger partial charge < -0.3 is 15.2 Å². The first-order valence-corrected chi connectivity index (χ1v) is 6.03. The summed E-state index contributed by atoms with van der Waals surface area (Å²) < 4.78 is 5.36. The topological polar surface area (TPSA) is 58.6 Å². The molecule has 4 heteroatoms. The number of rotatable bonds is 4. The zero-order valence-corrected chi connectivity index (χ0v) is 10.6. The number of ether oxygens (including phenoxy) is 1. The van der Waals surface area contributed by atoms with E-state index < -0.39 is 5.91 Å². The first-order valence-electron chi connectivity index (χ1n) is 6.03. The lowest BCUT2D eigenvalue weighted by molar-refractivity contribution is 0.102. The predicted molar refractivity (Wildman–Crippen MR) is 73.7 cm³/mol. The highest BCUT2D eigenvalue weighted by Gasteiger charge is 2.17. The van der Waals surface area contributed by atoms with E-state index in [0.717, 1.165) is 0 Å². The van der Waals surface area contributed by atoms with Crippen LogP contribution in [-0.2, 0) is 0 Å². The molecule has 4 nitrogen and oxygen atoms in total. The quantitative estimate of drug-likeness (QED) is 0.885. The van der Waals surface area contributed by atoms with Crippen molar-refractivity contribution in [3.05, 3.63) is 54.1 Å². The summed E-state index contributed by atoms with van der Waals surface area (Å²) in [6.45, 7) is 2.25. The lowest BCUT2D eigenvalue weighted by Crippen LogP contribution is -2.13. The molecule has 1 amide bonds. The van der Waals surface area contributed by atoms with E-state index in [1.165, 1.54) is 6.07 Å². The van der Waals surface area contributed by atoms with E-state index in [-0.39, 0.29) is 11.3 Å². The van der Waals surface area contributed by atoms with E-state index >= 15 is 0 Å². The second kappa shape index (κ2) is 5.91. The Bertz CT molecular complexity index is 567. The monoisotopic (exact) mass is 257 g/mol. The number of phenols is 1. The highest BCUT2D eigenvalue weighted by molar-refractivity contribution is 6.08. The highest BCUT2D eigenvalue weighted by atomic mass is 16.5. The molecule has 19 heavy (non-hydrogen) atoms. The second-order valence-electron chi connectivity index (χ2n) is 3.90. The molecule has 0 radical (unpaired) electrons. The largest absolute Gasteiger partial charge is 0.507 e. The molecule has 0 aromatic heterocycles. The predicted octanol–water partition coefficient (Wildman–Crippen LogP) is 3.04. The minimum atomic E-state index is -0.396. The fraction of sp³-hybridized carbons (Fsp3) is 0.133. The summed E-state index contributed by atoms with van der Waals surface area (Å²) in [4.78, 5) is 12.2. The molecule has 0 fully saturated rings. The Balaban J connectivity index is 2.28. The fourth-order valence-corrected chi connectivity index (χ4v) is 1.74. The number of benzene rings is 2. The molecule has 2 rings (SSSR count). The molecule has 0 heterocycles. The van der Waals surface area contributed by atoms with Crippen molar-refractivity contribution in [2.45, 2.75) is 6.92 Å². The van der Waals surface area contributed by atoms with Gasteiger partial charge in [0.15, 0.2) is 0 Å². The molecule has 0 spiro atoms. The minimum Gasteiger partial charge on any atom is -0.507 e. The number of aromatic hydroxyl groups is 1. The minimum absolute atomic E-state index is 0.0978. The van der Waals surface area contributed by atoms with Gasteiger partial charge in [0.25, 0.3) is 5.91 Å². The van der Waals surface area contributed by atoms with Gasteiger partial charge in [-0.2, -0.15) is 0 Å². The van der Waals surface area contributed by atoms with Crippen LogP contribution in [0.4, 0.5) is 5.69 Å². The summed E-state index contributed by atoms with van der Waals surface area (Å²) in [5.74, 6) is -0.122. The van der Waals surface area contributed by atoms with Crippen LogP contribution in [-0.4, -0.2) is 17.6 Å². The lowest BCUT2D eigenvalue weighted by atomic mass is 10.1. The van der Waals surface area contributed by atoms with E-state index in [0.29, 0.717) is 18.0 Å². The molecule has 0 saturated heterocycles. The van der Waals surface area contributed by atoms with Crippen LogP contribution in [0.1, 0.15) is 17.3 Å². The molecule has 2 aromatic rings. The van der Waals surface area contributed by atoms with Crippen molar-refractivity contribution in [1.82, 2.24) is 0 Å². The van der Waals surface area contributed by atoms with Gasteiger partial charge in [0.2, 0.25) is 0 Å². The van der Waals surface area contributed by atoms with Crippen LogP contribution in [0.25, 0.3) is 0 Å². The molecular weight excluding hydrogens is 242 g/mol. The third-order valence-electron chi connectivity index (χ3n) is 2.56. The molecule has 0 bridgehead atoms. The van der Waals surface area contributed by atoms with Crippen LogP contribution in [0.2, 0.25) is 0 Å². The normalized spacial score (nSPS) is 9.95. The van der Waals surface area contributed by atoms with Gasteiger partial charge in [0.1, 0.15) is 17.1 Å². The number of nitrogens with one attached hydrogen (secondary N) is 1. The van der Waals surface area contributed by atoms with Gasteiger partial charge in [-0.05, 0) is 31.2 Å². The Morgan fingerprint density at radius 1 is 1.16 bits per heavy atom. The Morgan fingerprint density at radius 3 is 2.58 bits per heavy atom. The lowest BCUT2D eigenvalue weighted by Gasteiger charge is -2.11. The number of anilines is 1. The third-order valence-corrected chi connectivity index (χ3v) is 2.56. The van der Waals surface area contributed by atoms with Crippen LogP contribution in [0, 0.1) is 0 Å². The van der Waals surface area contributed by atoms with Gasteiger partial charge in [-0.3, -0.25) is 4.79 Å². The Labute approximate surface area is 111 Å². The van der Waals surface area contributed by atoms with Crippen LogP contribution < -0.4 is 10.1 Å². The number of phenolic OH excluding ortho intramolecular Hbond substituents is 1. The molecule has 2 aromatic carbocycles. The molecule has 0 aliphatic carbocycles. The van der Waals surface area contributed by atoms with Gasteiger partial charge >= 0.3 is 0 Å². The van der Waals surface area contributed by atoms with Gasteiger partial charge in [0.05, 0.1) is 6.61 Å². The number of para-hydroxylation sites is 1. The standard InChI is InChI=1S/C15H15NO3/c1-2-19-13-10-6-9-12(17)14(13)15(18)16-11-7-4-3-5-8-11/h3-10,17H,2H2,1H3,(H,16,18). The van der Waals surface area contributed by atoms with Gasteiger partial charge in [-0.15, -0.1) is 0 Å². The maximum Gasteiger partial charge on any atom is 0.263 e. The molecule has 0 aliphatic heterocycles. The van der Waals surface area contributed by atoms with Crippen LogP contribution in [0.5, 0.6) is 11.5 Å². The number of carbonyl (C=O) groups excluding carboxylic acids is 1. The van der Waals surface area contributed by atoms with Crippen molar-refractivity contribution >= 4 is 11.6 Å². The average Bonchev–Trinajstić information content (AvgIpc) is 2.40. The Kier molecular flexibility index (Phi) is 4.03. The Morgan fingerprint density at radius 2 is 1.89 bits per heavy atom. The molecule has 98 valence electrons. The molecule has 0 unspecified atom stereocenters. The molecule has 0 saturated carbocycles. The molecule has 0 atom stereocenters. The van der Waals surface area contributed by atoms with Crippen LogP contribution in [0.3, 0.4) is 0 Å². The van der Waals surface area contributed by atoms with Crippen molar-refractivity contribution in [2.24, 2.45) is 0 Å². The maximum atomic E-state index is 12.2. The van der Waals surface area contributed by atoms with Crippen molar-refractivity contribution in [3.63, 3.8) is 0 Å². The van der Waals surface area contributed by atoms with E-state index in [1.54, 1.807) is 24.3 Å². The zero-order chi connectivity index (χ0) is 13.7. The fourth-order valence-electron chi connectivity index (χ4n) is 1.74. The summed E-state index contributed by atoms with van der Waals surface area (Å²) in [6.07, 6.45) is 0. The number of hydrogen-bond donors (Lipinski definition) is 2. The third kappa shape index (κ3) is 3.04. The van der Waals surface area contributed by atoms with Gasteiger partial charge in [-0.1, -0.05) is 24.3 Å². The maximum absolute atomic E-state index is 12.2. The second-order valence-corrected chi connectivity index (χ2v) is 3.90. The molecule has 2 N–H and O–H groups in total. The number of amides is 1. The number of carbonyl (C=O) groups is 1. The van der Waals surface area contributed by atoms with Crippen molar-refractivity contribution < 1.29 is 14.6 Å². The first kappa shape index (κ1) is 13.0. The van der Waals surface area contributed by atoms with Gasteiger partial charge in [0, 0.05) is 5.69 Å². The first-order chi connectivity index (χ1) is 9.22. The van der Waals surface area contributed by atoms with E-state index in [9.17, 15) is 9.90 Å². The number of hydrogen-bond acceptors (Lipinski definition) is 3. The van der Waals surface area contributed by atoms with Crippen LogP contribution >= 0.6 is 0 Å². The molecule has 0 aliphatic rings. The van der Waals surface area contributed by atoms with Crippen molar-refractivity contribution in [3.8, 4) is 11.5 Å². The van der Waals surface area contributed by atoms with Crippen molar-refractivity contribution in [1.29, 1.82) is 0 Å². The van der Waals surface area contributed by atoms with E-state index in [1.807, 2.05) is 25.1 Å². The Hall–Kier alpha value is -2.49. The van der Waals surface area contributed by atoms with E-state index in [2.05, 4.69) is 5.32 Å². The summed E-state index contributed by atoms with van der Waals surface area (Å²) in [5.41, 5.74) is 0.811. The summed E-state index contributed by atoms with van der Waals surface area (Å²) in [5, 5.41) is 12.5. The zero-order valence-electron chi connectivity index (χ0n) is 10.6. The smallest absolute Gasteiger partial charge is 0.263 e. The average molecular weight is 257 g/mol. The van der Waals surface area contributed by atoms with E-state index in [4.69, 9.17) is 4.74 Å². The summed E-state index contributed by atoms with van der Waals surface area (Å²) >= 11 is 0. The SMILES string of the molecule is CCOc1cccc(O)c1C(=O)Nc1ccccc1. The molecular formula is C15H15NO3. The van der Waals surface area contributed by atoms with Crippen molar-refractivity contribution in [2.75, 3.05) is 11.9 Å². The van der Waals surface area contributed by atoms with Gasteiger partial charge in [-0.25, -0.2) is 0 Å². The highest BCUT2D eigenvalue weighted by Crippen LogP contribution is 2.28. The van der Waals surface area contributed by atoms with Crippen LogP contribution in [0.15, 0.2) is 48.5 Å². The summed E-state index contributed by atoms with van der Waals surface area (Å²) in [6, 6.07) is 13.8. The summed E-state index contributed by atoms with van der Waals surface area (Å²) in [7, 11) is 0.